The van der Waals surface area contributed by atoms with Crippen LogP contribution in [0.3, 0.4) is 0 Å². The van der Waals surface area contributed by atoms with E-state index < -0.39 is 5.41 Å². The zero-order valence-electron chi connectivity index (χ0n) is 36.9. The summed E-state index contributed by atoms with van der Waals surface area (Å²) in [6.45, 7) is 4.77. The smallest absolute Gasteiger partial charge is 0.136 e. The molecule has 0 radical (unpaired) electrons. The van der Waals surface area contributed by atoms with Crippen molar-refractivity contribution in [3.8, 4) is 44.5 Å². The third kappa shape index (κ3) is 5.61. The molecule has 2 aliphatic carbocycles. The maximum atomic E-state index is 6.27. The van der Waals surface area contributed by atoms with Crippen LogP contribution in [0.1, 0.15) is 47.2 Å². The summed E-state index contributed by atoms with van der Waals surface area (Å²) in [5, 5.41) is 2.28. The molecule has 2 nitrogen and oxygen atoms in total. The van der Waals surface area contributed by atoms with Crippen LogP contribution in [-0.4, -0.2) is 0 Å². The largest absolute Gasteiger partial charge is 0.456 e. The van der Waals surface area contributed by atoms with Crippen molar-refractivity contribution in [1.82, 2.24) is 0 Å². The molecule has 0 saturated heterocycles. The van der Waals surface area contributed by atoms with Crippen LogP contribution in [0.2, 0.25) is 0 Å². The molecule has 0 saturated carbocycles. The molecule has 0 N–H and O–H groups in total. The molecular weight excluding hydrogens is 799 g/mol. The van der Waals surface area contributed by atoms with Crippen LogP contribution in [-0.2, 0) is 10.8 Å². The minimum absolute atomic E-state index is 0.138. The molecule has 13 rings (SSSR count). The first-order valence-electron chi connectivity index (χ1n) is 23.0. The monoisotopic (exact) mass is 843 g/mol. The molecule has 0 fully saturated rings. The van der Waals surface area contributed by atoms with Crippen molar-refractivity contribution in [2.24, 2.45) is 0 Å². The number of hydrogen-bond acceptors (Lipinski definition) is 2. The van der Waals surface area contributed by atoms with Crippen LogP contribution in [0.5, 0.6) is 0 Å². The van der Waals surface area contributed by atoms with E-state index in [4.69, 9.17) is 4.42 Å². The second kappa shape index (κ2) is 14.7. The lowest BCUT2D eigenvalue weighted by atomic mass is 9.55. The highest BCUT2D eigenvalue weighted by atomic mass is 16.3. The van der Waals surface area contributed by atoms with Gasteiger partial charge in [0, 0.05) is 33.2 Å². The number of fused-ring (bicyclic) bond motifs is 12. The molecule has 0 atom stereocenters. The Kier molecular flexibility index (Phi) is 8.51. The zero-order valence-corrected chi connectivity index (χ0v) is 36.9. The summed E-state index contributed by atoms with van der Waals surface area (Å²) in [4.78, 5) is 2.36. The third-order valence-corrected chi connectivity index (χ3v) is 14.6. The van der Waals surface area contributed by atoms with E-state index in [0.29, 0.717) is 0 Å². The Balaban J connectivity index is 0.924. The Morgan fingerprint density at radius 1 is 0.318 bits per heavy atom. The molecular formula is C64H45NO. The Labute approximate surface area is 385 Å². The van der Waals surface area contributed by atoms with E-state index in [0.717, 1.165) is 50.1 Å². The molecule has 312 valence electrons. The van der Waals surface area contributed by atoms with Crippen LogP contribution in [0.4, 0.5) is 17.1 Å². The first kappa shape index (κ1) is 38.3. The van der Waals surface area contributed by atoms with Gasteiger partial charge in [-0.05, 0) is 132 Å². The number of rotatable bonds is 6. The summed E-state index contributed by atoms with van der Waals surface area (Å²) < 4.78 is 6.27. The van der Waals surface area contributed by atoms with Crippen molar-refractivity contribution >= 4 is 39.0 Å². The molecule has 66 heavy (non-hydrogen) atoms. The van der Waals surface area contributed by atoms with Gasteiger partial charge < -0.3 is 9.32 Å². The van der Waals surface area contributed by atoms with Gasteiger partial charge in [0.15, 0.2) is 0 Å². The summed E-state index contributed by atoms with van der Waals surface area (Å²) in [7, 11) is 0. The van der Waals surface area contributed by atoms with E-state index in [1.165, 1.54) is 66.8 Å². The van der Waals surface area contributed by atoms with Gasteiger partial charge in [-0.1, -0.05) is 196 Å². The number of nitrogens with zero attached hydrogens (tertiary/aromatic N) is 1. The van der Waals surface area contributed by atoms with Crippen molar-refractivity contribution in [1.29, 1.82) is 0 Å². The van der Waals surface area contributed by atoms with Gasteiger partial charge in [-0.2, -0.15) is 0 Å². The minimum atomic E-state index is -0.433. The third-order valence-electron chi connectivity index (χ3n) is 14.6. The topological polar surface area (TPSA) is 16.4 Å². The number of hydrogen-bond donors (Lipinski definition) is 0. The van der Waals surface area contributed by atoms with E-state index in [-0.39, 0.29) is 5.41 Å². The highest BCUT2D eigenvalue weighted by Crippen LogP contribution is 2.63. The van der Waals surface area contributed by atoms with Crippen molar-refractivity contribution in [3.63, 3.8) is 0 Å². The molecule has 0 unspecified atom stereocenters. The zero-order chi connectivity index (χ0) is 44.0. The predicted molar refractivity (Wildman–Crippen MR) is 274 cm³/mol. The van der Waals surface area contributed by atoms with E-state index in [1.54, 1.807) is 0 Å². The van der Waals surface area contributed by atoms with Crippen LogP contribution in [0.25, 0.3) is 66.4 Å². The molecule has 0 aliphatic heterocycles. The van der Waals surface area contributed by atoms with Gasteiger partial charge in [0.1, 0.15) is 11.2 Å². The fourth-order valence-electron chi connectivity index (χ4n) is 11.5. The van der Waals surface area contributed by atoms with Crippen molar-refractivity contribution < 1.29 is 4.42 Å². The number of anilines is 3. The van der Waals surface area contributed by atoms with Gasteiger partial charge in [0.2, 0.25) is 0 Å². The van der Waals surface area contributed by atoms with Gasteiger partial charge in [-0.15, -0.1) is 0 Å². The van der Waals surface area contributed by atoms with Gasteiger partial charge in [0.25, 0.3) is 0 Å². The standard InChI is InChI=1S/C64H45NO/c1-63(2)55-21-9-11-23-57(55)64(58-24-12-10-22-56(58)63)54-20-8-6-18-53(54)62-50(19-14-25-59(62)64)45-31-38-49(39-32-45)65(47-34-27-43(28-35-47)42-15-4-3-5-16-42)48-36-29-44(30-37-48)46-33-40-52-51-17-7-13-26-60(51)66-61(52)41-46/h3-41H,1-2H3. The van der Waals surface area contributed by atoms with E-state index in [2.05, 4.69) is 243 Å². The lowest BCUT2D eigenvalue weighted by molar-refractivity contribution is 0.563. The van der Waals surface area contributed by atoms with Crippen molar-refractivity contribution in [2.75, 3.05) is 4.90 Å². The second-order valence-electron chi connectivity index (χ2n) is 18.4. The van der Waals surface area contributed by atoms with Crippen LogP contribution >= 0.6 is 0 Å². The Morgan fingerprint density at radius 2 is 0.773 bits per heavy atom. The van der Waals surface area contributed by atoms with Gasteiger partial charge in [0.05, 0.1) is 5.41 Å². The number of para-hydroxylation sites is 1. The summed E-state index contributed by atoms with van der Waals surface area (Å²) in [5.41, 5.74) is 22.4. The second-order valence-corrected chi connectivity index (χ2v) is 18.4. The Bertz CT molecular complexity index is 3600. The quantitative estimate of drug-likeness (QED) is 0.166. The Hall–Kier alpha value is -8.20. The van der Waals surface area contributed by atoms with E-state index in [1.807, 2.05) is 12.1 Å². The van der Waals surface area contributed by atoms with Crippen molar-refractivity contribution in [2.45, 2.75) is 24.7 Å². The molecule has 1 aromatic heterocycles. The molecule has 0 amide bonds. The predicted octanol–water partition coefficient (Wildman–Crippen LogP) is 17.1. The molecule has 0 bridgehead atoms. The number of furan rings is 1. The molecule has 1 heterocycles. The van der Waals surface area contributed by atoms with E-state index in [9.17, 15) is 0 Å². The molecule has 10 aromatic carbocycles. The van der Waals surface area contributed by atoms with Gasteiger partial charge in [-0.3, -0.25) is 0 Å². The number of benzene rings is 10. The summed E-state index contributed by atoms with van der Waals surface area (Å²) >= 11 is 0. The summed E-state index contributed by atoms with van der Waals surface area (Å²) in [6.07, 6.45) is 0. The highest BCUT2D eigenvalue weighted by Gasteiger charge is 2.53. The average molecular weight is 844 g/mol. The Morgan fingerprint density at radius 3 is 1.42 bits per heavy atom. The van der Waals surface area contributed by atoms with Crippen molar-refractivity contribution in [3.05, 3.63) is 270 Å². The molecule has 1 spiro atoms. The first-order valence-corrected chi connectivity index (χ1v) is 23.0. The molecule has 2 aliphatic rings. The fourth-order valence-corrected chi connectivity index (χ4v) is 11.5. The van der Waals surface area contributed by atoms with Gasteiger partial charge in [-0.25, -0.2) is 0 Å². The highest BCUT2D eigenvalue weighted by molar-refractivity contribution is 6.06. The lowest BCUT2D eigenvalue weighted by Gasteiger charge is -2.46. The summed E-state index contributed by atoms with van der Waals surface area (Å²) in [5.74, 6) is 0. The van der Waals surface area contributed by atoms with Crippen LogP contribution in [0.15, 0.2) is 241 Å². The maximum Gasteiger partial charge on any atom is 0.136 e. The molecule has 2 heteroatoms. The normalized spacial score (nSPS) is 13.8. The first-order chi connectivity index (χ1) is 32.5. The van der Waals surface area contributed by atoms with E-state index >= 15 is 0 Å². The maximum absolute atomic E-state index is 6.27. The minimum Gasteiger partial charge on any atom is -0.456 e. The summed E-state index contributed by atoms with van der Waals surface area (Å²) in [6, 6.07) is 86.9. The average Bonchev–Trinajstić information content (AvgIpc) is 3.90. The molecule has 11 aromatic rings. The van der Waals surface area contributed by atoms with Crippen LogP contribution in [0, 0.1) is 0 Å². The van der Waals surface area contributed by atoms with Gasteiger partial charge >= 0.3 is 0 Å². The fraction of sp³-hybridized carbons (Fsp3) is 0.0625. The van der Waals surface area contributed by atoms with Crippen LogP contribution < -0.4 is 4.90 Å². The lowest BCUT2D eigenvalue weighted by Crippen LogP contribution is -2.40. The SMILES string of the molecule is CC1(C)c2ccccc2C2(c3ccccc3-c3c(-c4ccc(N(c5ccc(-c6ccccc6)cc5)c5ccc(-c6ccc7c(c6)oc6ccccc67)cc5)cc4)cccc32)c2ccccc21.